The van der Waals surface area contributed by atoms with Crippen LogP contribution in [-0.2, 0) is 29.6 Å². The van der Waals surface area contributed by atoms with Crippen molar-refractivity contribution < 1.29 is 9.53 Å². The molecule has 0 saturated heterocycles. The molecule has 4 heteroatoms. The van der Waals surface area contributed by atoms with E-state index in [0.29, 0.717) is 19.4 Å². The molecule has 3 aromatic rings. The number of aromatic nitrogens is 2. The average Bonchev–Trinajstić information content (AvgIpc) is 2.82. The summed E-state index contributed by atoms with van der Waals surface area (Å²) in [5.74, 6) is -0.170. The maximum Gasteiger partial charge on any atom is 0.306 e. The molecule has 0 aliphatic heterocycles. The van der Waals surface area contributed by atoms with Gasteiger partial charge in [-0.2, -0.15) is 0 Å². The predicted molar refractivity (Wildman–Crippen MR) is 94.7 cm³/mol. The van der Waals surface area contributed by atoms with Gasteiger partial charge in [-0.3, -0.25) is 9.78 Å². The lowest BCUT2D eigenvalue weighted by Gasteiger charge is -2.06. The maximum absolute atomic E-state index is 12.1. The summed E-state index contributed by atoms with van der Waals surface area (Å²) in [6, 6.07) is 10.2. The minimum atomic E-state index is -0.170. The largest absolute Gasteiger partial charge is 0.461 e. The summed E-state index contributed by atoms with van der Waals surface area (Å²) in [6.07, 6.45) is 4.48. The van der Waals surface area contributed by atoms with Gasteiger partial charge in [-0.15, -0.1) is 0 Å². The summed E-state index contributed by atoms with van der Waals surface area (Å²) in [5.41, 5.74) is 5.83. The van der Waals surface area contributed by atoms with Crippen molar-refractivity contribution in [2.45, 2.75) is 33.3 Å². The normalized spacial score (nSPS) is 11.0. The minimum absolute atomic E-state index is 0.170. The molecule has 0 saturated carbocycles. The summed E-state index contributed by atoms with van der Waals surface area (Å²) in [4.78, 5) is 16.0. The number of pyridine rings is 1. The number of ether oxygens (including phenoxy) is 1. The average molecular weight is 322 g/mol. The van der Waals surface area contributed by atoms with Gasteiger partial charge in [0.25, 0.3) is 0 Å². The molecule has 3 rings (SSSR count). The SMILES string of the molecule is Cc1ccc2c(c1)c(CCC(=O)OCc1ccncc1)c(C)n2C. The quantitative estimate of drug-likeness (QED) is 0.670. The molecule has 0 aliphatic rings. The Labute approximate surface area is 142 Å². The van der Waals surface area contributed by atoms with Crippen molar-refractivity contribution >= 4 is 16.9 Å². The Kier molecular flexibility index (Phi) is 4.65. The Bertz CT molecular complexity index is 866. The maximum atomic E-state index is 12.1. The lowest BCUT2D eigenvalue weighted by atomic mass is 10.0. The van der Waals surface area contributed by atoms with Gasteiger partial charge < -0.3 is 9.30 Å². The fourth-order valence-corrected chi connectivity index (χ4v) is 3.02. The first kappa shape index (κ1) is 16.2. The van der Waals surface area contributed by atoms with E-state index in [1.165, 1.54) is 27.7 Å². The van der Waals surface area contributed by atoms with Gasteiger partial charge in [0.05, 0.1) is 0 Å². The number of nitrogens with zero attached hydrogens (tertiary/aromatic N) is 2. The number of benzene rings is 1. The Morgan fingerprint density at radius 2 is 1.92 bits per heavy atom. The molecular formula is C20H22N2O2. The lowest BCUT2D eigenvalue weighted by molar-refractivity contribution is -0.144. The lowest BCUT2D eigenvalue weighted by Crippen LogP contribution is -2.06. The van der Waals surface area contributed by atoms with Crippen LogP contribution in [0.15, 0.2) is 42.7 Å². The van der Waals surface area contributed by atoms with Crippen molar-refractivity contribution in [3.63, 3.8) is 0 Å². The number of aryl methyl sites for hydroxylation is 3. The van der Waals surface area contributed by atoms with Crippen LogP contribution in [0.2, 0.25) is 0 Å². The Balaban J connectivity index is 1.68. The topological polar surface area (TPSA) is 44.1 Å². The molecule has 2 heterocycles. The van der Waals surface area contributed by atoms with Gasteiger partial charge in [-0.05, 0) is 55.7 Å². The zero-order chi connectivity index (χ0) is 17.1. The van der Waals surface area contributed by atoms with Crippen molar-refractivity contribution in [1.82, 2.24) is 9.55 Å². The van der Waals surface area contributed by atoms with E-state index in [0.717, 1.165) is 5.56 Å². The van der Waals surface area contributed by atoms with E-state index in [1.54, 1.807) is 12.4 Å². The number of fused-ring (bicyclic) bond motifs is 1. The van der Waals surface area contributed by atoms with Gasteiger partial charge in [-0.25, -0.2) is 0 Å². The third-order valence-electron chi connectivity index (χ3n) is 4.51. The highest BCUT2D eigenvalue weighted by molar-refractivity contribution is 5.86. The molecule has 24 heavy (non-hydrogen) atoms. The molecule has 0 bridgehead atoms. The smallest absolute Gasteiger partial charge is 0.306 e. The number of esters is 1. The number of carbonyl (C=O) groups excluding carboxylic acids is 1. The Hall–Kier alpha value is -2.62. The third-order valence-corrected chi connectivity index (χ3v) is 4.51. The van der Waals surface area contributed by atoms with Crippen LogP contribution >= 0.6 is 0 Å². The Morgan fingerprint density at radius 1 is 1.17 bits per heavy atom. The van der Waals surface area contributed by atoms with Crippen molar-refractivity contribution in [3.8, 4) is 0 Å². The molecule has 0 spiro atoms. The summed E-state index contributed by atoms with van der Waals surface area (Å²) in [7, 11) is 2.07. The van der Waals surface area contributed by atoms with Crippen molar-refractivity contribution in [1.29, 1.82) is 0 Å². The fourth-order valence-electron chi connectivity index (χ4n) is 3.02. The molecule has 0 N–H and O–H groups in total. The van der Waals surface area contributed by atoms with Crippen LogP contribution in [0, 0.1) is 13.8 Å². The van der Waals surface area contributed by atoms with Crippen LogP contribution in [0.5, 0.6) is 0 Å². The number of carbonyl (C=O) groups is 1. The summed E-state index contributed by atoms with van der Waals surface area (Å²) < 4.78 is 7.55. The van der Waals surface area contributed by atoms with Crippen LogP contribution in [0.25, 0.3) is 10.9 Å². The zero-order valence-corrected chi connectivity index (χ0v) is 14.4. The first-order chi connectivity index (χ1) is 11.6. The van der Waals surface area contributed by atoms with Gasteiger partial charge >= 0.3 is 5.97 Å². The molecule has 4 nitrogen and oxygen atoms in total. The van der Waals surface area contributed by atoms with E-state index < -0.39 is 0 Å². The van der Waals surface area contributed by atoms with Crippen molar-refractivity contribution in [2.75, 3.05) is 0 Å². The van der Waals surface area contributed by atoms with Crippen LogP contribution in [-0.4, -0.2) is 15.5 Å². The third kappa shape index (κ3) is 3.32. The van der Waals surface area contributed by atoms with Gasteiger partial charge in [0.1, 0.15) is 6.61 Å². The molecule has 0 aliphatic carbocycles. The van der Waals surface area contributed by atoms with E-state index in [9.17, 15) is 4.79 Å². The highest BCUT2D eigenvalue weighted by Gasteiger charge is 2.14. The van der Waals surface area contributed by atoms with Gasteiger partial charge in [0.2, 0.25) is 0 Å². The molecule has 2 aromatic heterocycles. The van der Waals surface area contributed by atoms with Gasteiger partial charge in [0.15, 0.2) is 0 Å². The molecule has 0 radical (unpaired) electrons. The second-order valence-corrected chi connectivity index (χ2v) is 6.16. The summed E-state index contributed by atoms with van der Waals surface area (Å²) >= 11 is 0. The molecule has 0 fully saturated rings. The van der Waals surface area contributed by atoms with E-state index in [1.807, 2.05) is 12.1 Å². The van der Waals surface area contributed by atoms with E-state index in [-0.39, 0.29) is 5.97 Å². The molecule has 0 amide bonds. The van der Waals surface area contributed by atoms with Gasteiger partial charge in [0, 0.05) is 42.5 Å². The molecule has 0 atom stereocenters. The second-order valence-electron chi connectivity index (χ2n) is 6.16. The van der Waals surface area contributed by atoms with Crippen LogP contribution in [0.3, 0.4) is 0 Å². The van der Waals surface area contributed by atoms with Crippen molar-refractivity contribution in [3.05, 3.63) is 65.1 Å². The van der Waals surface area contributed by atoms with Crippen molar-refractivity contribution in [2.24, 2.45) is 7.05 Å². The second kappa shape index (κ2) is 6.87. The highest BCUT2D eigenvalue weighted by Crippen LogP contribution is 2.27. The summed E-state index contributed by atoms with van der Waals surface area (Å²) in [6.45, 7) is 4.50. The monoisotopic (exact) mass is 322 g/mol. The van der Waals surface area contributed by atoms with E-state index >= 15 is 0 Å². The number of hydrogen-bond donors (Lipinski definition) is 0. The first-order valence-corrected chi connectivity index (χ1v) is 8.15. The first-order valence-electron chi connectivity index (χ1n) is 8.15. The highest BCUT2D eigenvalue weighted by atomic mass is 16.5. The van der Waals surface area contributed by atoms with E-state index in [4.69, 9.17) is 4.74 Å². The molecular weight excluding hydrogens is 300 g/mol. The van der Waals surface area contributed by atoms with E-state index in [2.05, 4.69) is 48.6 Å². The summed E-state index contributed by atoms with van der Waals surface area (Å²) in [5, 5.41) is 1.23. The van der Waals surface area contributed by atoms with Crippen LogP contribution in [0.1, 0.15) is 28.8 Å². The molecule has 0 unspecified atom stereocenters. The number of hydrogen-bond acceptors (Lipinski definition) is 3. The molecule has 1 aromatic carbocycles. The molecule has 124 valence electrons. The predicted octanol–water partition coefficient (Wildman–Crippen LogP) is 3.87. The Morgan fingerprint density at radius 3 is 2.67 bits per heavy atom. The van der Waals surface area contributed by atoms with Crippen LogP contribution < -0.4 is 0 Å². The fraction of sp³-hybridized carbons (Fsp3) is 0.300. The zero-order valence-electron chi connectivity index (χ0n) is 14.4. The van der Waals surface area contributed by atoms with Crippen LogP contribution in [0.4, 0.5) is 0 Å². The standard InChI is InChI=1S/C20H22N2O2/c1-14-4-6-19-18(12-14)17(15(2)22(19)3)5-7-20(23)24-13-16-8-10-21-11-9-16/h4,6,8-12H,5,7,13H2,1-3H3. The number of rotatable bonds is 5. The minimum Gasteiger partial charge on any atom is -0.461 e. The van der Waals surface area contributed by atoms with Gasteiger partial charge in [-0.1, -0.05) is 11.6 Å².